The summed E-state index contributed by atoms with van der Waals surface area (Å²) in [4.78, 5) is 10.4. The van der Waals surface area contributed by atoms with E-state index in [-0.39, 0.29) is 6.10 Å². The quantitative estimate of drug-likeness (QED) is 0.583. The van der Waals surface area contributed by atoms with E-state index in [0.29, 0.717) is 25.4 Å². The van der Waals surface area contributed by atoms with Crippen molar-refractivity contribution < 1.29 is 19.0 Å². The lowest BCUT2D eigenvalue weighted by molar-refractivity contribution is -0.134. The molecular formula is C13H24O4. The molecule has 0 radical (unpaired) electrons. The molecule has 3 unspecified atom stereocenters. The van der Waals surface area contributed by atoms with Crippen LogP contribution < -0.4 is 0 Å². The second kappa shape index (κ2) is 8.61. The second-order valence-electron chi connectivity index (χ2n) is 4.55. The molecule has 1 fully saturated rings. The molecule has 100 valence electrons. The molecule has 1 heterocycles. The molecule has 1 saturated heterocycles. The van der Waals surface area contributed by atoms with Gasteiger partial charge < -0.3 is 14.2 Å². The Morgan fingerprint density at radius 3 is 2.88 bits per heavy atom. The largest absolute Gasteiger partial charge is 0.378 e. The Balaban J connectivity index is 2.07. The Kier molecular flexibility index (Phi) is 7.40. The highest BCUT2D eigenvalue weighted by atomic mass is 16.7. The first kappa shape index (κ1) is 14.6. The first-order valence-corrected chi connectivity index (χ1v) is 6.60. The van der Waals surface area contributed by atoms with Crippen LogP contribution >= 0.6 is 0 Å². The van der Waals surface area contributed by atoms with E-state index >= 15 is 0 Å². The summed E-state index contributed by atoms with van der Waals surface area (Å²) in [6, 6.07) is 0. The van der Waals surface area contributed by atoms with Gasteiger partial charge in [-0.05, 0) is 12.3 Å². The van der Waals surface area contributed by atoms with E-state index in [1.165, 1.54) is 19.3 Å². The van der Waals surface area contributed by atoms with Gasteiger partial charge in [0.1, 0.15) is 6.10 Å². The number of hydrogen-bond acceptors (Lipinski definition) is 4. The molecule has 0 aliphatic carbocycles. The summed E-state index contributed by atoms with van der Waals surface area (Å²) in [6.45, 7) is 6.16. The van der Waals surface area contributed by atoms with Gasteiger partial charge in [-0.2, -0.15) is 0 Å². The molecule has 0 spiro atoms. The van der Waals surface area contributed by atoms with Crippen molar-refractivity contribution in [2.75, 3.05) is 19.8 Å². The van der Waals surface area contributed by atoms with Crippen LogP contribution in [0.5, 0.6) is 0 Å². The molecule has 1 aliphatic rings. The highest BCUT2D eigenvalue weighted by molar-refractivity contribution is 5.54. The maximum absolute atomic E-state index is 10.4. The minimum absolute atomic E-state index is 0.0890. The summed E-state index contributed by atoms with van der Waals surface area (Å²) in [5.41, 5.74) is 0. The molecule has 4 nitrogen and oxygen atoms in total. The smallest absolute Gasteiger partial charge is 0.215 e. The zero-order chi connectivity index (χ0) is 12.5. The fourth-order valence-corrected chi connectivity index (χ4v) is 1.89. The number of unbranched alkanes of at least 4 members (excludes halogenated alkanes) is 1. The lowest BCUT2D eigenvalue weighted by Gasteiger charge is -2.16. The first-order valence-electron chi connectivity index (χ1n) is 6.60. The van der Waals surface area contributed by atoms with Gasteiger partial charge >= 0.3 is 0 Å². The maximum atomic E-state index is 10.4. The number of carbonyl (C=O) groups excluding carboxylic acids is 1. The minimum atomic E-state index is -0.689. The van der Waals surface area contributed by atoms with Gasteiger partial charge in [0.05, 0.1) is 13.2 Å². The Morgan fingerprint density at radius 2 is 2.29 bits per heavy atom. The highest BCUT2D eigenvalue weighted by Gasteiger charge is 2.25. The van der Waals surface area contributed by atoms with E-state index in [9.17, 15) is 4.79 Å². The van der Waals surface area contributed by atoms with Gasteiger partial charge in [-0.3, -0.25) is 4.79 Å². The number of carbonyl (C=O) groups is 1. The van der Waals surface area contributed by atoms with Crippen molar-refractivity contribution in [3.05, 3.63) is 0 Å². The molecule has 0 aromatic heterocycles. The number of ether oxygens (including phenoxy) is 3. The van der Waals surface area contributed by atoms with E-state index < -0.39 is 6.29 Å². The van der Waals surface area contributed by atoms with Gasteiger partial charge in [0.2, 0.25) is 6.29 Å². The van der Waals surface area contributed by atoms with Crippen LogP contribution in [-0.4, -0.2) is 38.5 Å². The molecule has 0 bridgehead atoms. The summed E-state index contributed by atoms with van der Waals surface area (Å²) in [5.74, 6) is 0.638. The molecular weight excluding hydrogens is 220 g/mol. The van der Waals surface area contributed by atoms with Crippen LogP contribution in [-0.2, 0) is 19.0 Å². The molecule has 4 heteroatoms. The van der Waals surface area contributed by atoms with Crippen molar-refractivity contribution in [3.63, 3.8) is 0 Å². The van der Waals surface area contributed by atoms with Crippen molar-refractivity contribution in [2.45, 2.75) is 51.9 Å². The van der Waals surface area contributed by atoms with E-state index in [0.717, 1.165) is 13.0 Å². The molecule has 1 aliphatic heterocycles. The number of rotatable bonds is 9. The second-order valence-corrected chi connectivity index (χ2v) is 4.55. The zero-order valence-electron chi connectivity index (χ0n) is 10.9. The van der Waals surface area contributed by atoms with Crippen LogP contribution in [0.25, 0.3) is 0 Å². The van der Waals surface area contributed by atoms with Gasteiger partial charge in [-0.15, -0.1) is 0 Å². The van der Waals surface area contributed by atoms with Crippen molar-refractivity contribution in [1.29, 1.82) is 0 Å². The monoisotopic (exact) mass is 244 g/mol. The lowest BCUT2D eigenvalue weighted by atomic mass is 10.0. The van der Waals surface area contributed by atoms with Gasteiger partial charge in [0.25, 0.3) is 0 Å². The van der Waals surface area contributed by atoms with Crippen LogP contribution in [0.1, 0.15) is 39.5 Å². The van der Waals surface area contributed by atoms with E-state index in [1.807, 2.05) is 0 Å². The Labute approximate surface area is 104 Å². The van der Waals surface area contributed by atoms with Crippen molar-refractivity contribution in [2.24, 2.45) is 5.92 Å². The molecule has 17 heavy (non-hydrogen) atoms. The minimum Gasteiger partial charge on any atom is -0.378 e. The summed E-state index contributed by atoms with van der Waals surface area (Å²) in [5, 5.41) is 0. The third kappa shape index (κ3) is 5.61. The van der Waals surface area contributed by atoms with Crippen LogP contribution in [0, 0.1) is 5.92 Å². The predicted octanol–water partition coefficient (Wildman–Crippen LogP) is 2.16. The molecule has 0 saturated carbocycles. The standard InChI is InChI=1S/C13H24O4/c1-3-5-6-11(4-2)8-15-9-12-10-16-13(7-14)17-12/h7,11-13H,3-6,8-10H2,1-2H3. The van der Waals surface area contributed by atoms with Crippen LogP contribution in [0.15, 0.2) is 0 Å². The first-order chi connectivity index (χ1) is 8.30. The normalized spacial score (nSPS) is 26.0. The van der Waals surface area contributed by atoms with Gasteiger partial charge in [-0.25, -0.2) is 0 Å². The van der Waals surface area contributed by atoms with E-state index in [4.69, 9.17) is 14.2 Å². The summed E-state index contributed by atoms with van der Waals surface area (Å²) in [6.07, 6.45) is 4.77. The molecule has 0 N–H and O–H groups in total. The average Bonchev–Trinajstić information content (AvgIpc) is 2.81. The number of aldehydes is 1. The molecule has 0 amide bonds. The van der Waals surface area contributed by atoms with Gasteiger partial charge in [0.15, 0.2) is 6.29 Å². The van der Waals surface area contributed by atoms with Crippen molar-refractivity contribution in [3.8, 4) is 0 Å². The lowest BCUT2D eigenvalue weighted by Crippen LogP contribution is -2.21. The average molecular weight is 244 g/mol. The molecule has 0 aromatic rings. The van der Waals surface area contributed by atoms with Crippen LogP contribution in [0.3, 0.4) is 0 Å². The highest BCUT2D eigenvalue weighted by Crippen LogP contribution is 2.14. The fourth-order valence-electron chi connectivity index (χ4n) is 1.89. The van der Waals surface area contributed by atoms with E-state index in [1.54, 1.807) is 0 Å². The third-order valence-corrected chi connectivity index (χ3v) is 3.08. The Bertz CT molecular complexity index is 208. The van der Waals surface area contributed by atoms with Crippen molar-refractivity contribution >= 4 is 6.29 Å². The SMILES string of the molecule is CCCCC(CC)COCC1COC(C=O)O1. The Morgan fingerprint density at radius 1 is 1.47 bits per heavy atom. The summed E-state index contributed by atoms with van der Waals surface area (Å²) in [7, 11) is 0. The fraction of sp³-hybridized carbons (Fsp3) is 0.923. The van der Waals surface area contributed by atoms with Crippen LogP contribution in [0.4, 0.5) is 0 Å². The summed E-state index contributed by atoms with van der Waals surface area (Å²) >= 11 is 0. The predicted molar refractivity (Wildman–Crippen MR) is 64.8 cm³/mol. The zero-order valence-corrected chi connectivity index (χ0v) is 10.9. The topological polar surface area (TPSA) is 44.8 Å². The number of hydrogen-bond donors (Lipinski definition) is 0. The van der Waals surface area contributed by atoms with E-state index in [2.05, 4.69) is 13.8 Å². The van der Waals surface area contributed by atoms with Gasteiger partial charge in [-0.1, -0.05) is 33.1 Å². The molecule has 1 rings (SSSR count). The molecule has 0 aromatic carbocycles. The maximum Gasteiger partial charge on any atom is 0.215 e. The van der Waals surface area contributed by atoms with Gasteiger partial charge in [0, 0.05) is 6.61 Å². The summed E-state index contributed by atoms with van der Waals surface area (Å²) < 4.78 is 16.0. The van der Waals surface area contributed by atoms with Crippen molar-refractivity contribution in [1.82, 2.24) is 0 Å². The Hall–Kier alpha value is -0.450. The third-order valence-electron chi connectivity index (χ3n) is 3.08. The van der Waals surface area contributed by atoms with Crippen LogP contribution in [0.2, 0.25) is 0 Å². The molecule has 3 atom stereocenters.